The molecule has 7 heteroatoms. The van der Waals surface area contributed by atoms with Gasteiger partial charge in [0.25, 0.3) is 0 Å². The van der Waals surface area contributed by atoms with E-state index in [1.54, 1.807) is 0 Å². The maximum Gasteiger partial charge on any atom is 0.159 e. The number of hydrogen-bond acceptors (Lipinski definition) is 5. The number of nitrogens with one attached hydrogen (secondary N) is 1. The summed E-state index contributed by atoms with van der Waals surface area (Å²) < 4.78 is 2.19. The topological polar surface area (TPSA) is 55.1 Å². The van der Waals surface area contributed by atoms with Crippen LogP contribution in [0.2, 0.25) is 5.02 Å². The van der Waals surface area contributed by atoms with Crippen molar-refractivity contribution < 1.29 is 0 Å². The first-order valence-electron chi connectivity index (χ1n) is 11.0. The molecule has 1 N–H and O–H groups in total. The molecule has 160 valence electrons. The first-order chi connectivity index (χ1) is 15.3. The molecule has 0 spiro atoms. The predicted molar refractivity (Wildman–Crippen MR) is 128 cm³/mol. The third kappa shape index (κ3) is 4.29. The summed E-state index contributed by atoms with van der Waals surface area (Å²) >= 11 is 8.49. The molecule has 1 saturated carbocycles. The van der Waals surface area contributed by atoms with Crippen molar-refractivity contribution in [1.29, 1.82) is 0 Å². The summed E-state index contributed by atoms with van der Waals surface area (Å²) in [6.45, 7) is 4.43. The van der Waals surface area contributed by atoms with Gasteiger partial charge in [0.2, 0.25) is 0 Å². The van der Waals surface area contributed by atoms with Crippen molar-refractivity contribution in [3.05, 3.63) is 70.3 Å². The first-order valence-corrected chi connectivity index (χ1v) is 12.3. The largest absolute Gasteiger partial charge is 0.310 e. The highest BCUT2D eigenvalue weighted by atomic mass is 35.5. The van der Waals surface area contributed by atoms with Gasteiger partial charge in [-0.1, -0.05) is 42.8 Å². The second-order valence-electron chi connectivity index (χ2n) is 8.09. The van der Waals surface area contributed by atoms with Gasteiger partial charge < -0.3 is 5.32 Å². The van der Waals surface area contributed by atoms with E-state index in [0.29, 0.717) is 18.1 Å². The zero-order valence-electron chi connectivity index (χ0n) is 17.6. The van der Waals surface area contributed by atoms with Crippen molar-refractivity contribution >= 4 is 29.1 Å². The van der Waals surface area contributed by atoms with E-state index in [0.717, 1.165) is 58.8 Å². The Morgan fingerprint density at radius 1 is 1.13 bits per heavy atom. The number of rotatable bonds is 8. The maximum absolute atomic E-state index is 6.62. The molecule has 0 bridgehead atoms. The van der Waals surface area contributed by atoms with Crippen molar-refractivity contribution in [3.8, 4) is 5.69 Å². The summed E-state index contributed by atoms with van der Waals surface area (Å²) in [7, 11) is 0. The molecule has 0 radical (unpaired) electrons. The Balaban J connectivity index is 1.62. The standard InChI is InChI=1S/C24H26ClN5S/c1-2-12-31-20-9-5-8-19-23(20)24(17-6-3-4-7-18(17)25)27-15-22-29-28-21(30(19)22)14-26-13-16-10-11-16/h3-9,16,26H,2,10-15H2,1H3. The number of nitrogens with zero attached hydrogens (tertiary/aromatic N) is 4. The number of aromatic nitrogens is 3. The fraction of sp³-hybridized carbons (Fsp3) is 0.375. The van der Waals surface area contributed by atoms with E-state index < -0.39 is 0 Å². The van der Waals surface area contributed by atoms with Crippen LogP contribution >= 0.6 is 23.4 Å². The summed E-state index contributed by atoms with van der Waals surface area (Å²) in [6.07, 6.45) is 3.78. The molecule has 5 nitrogen and oxygen atoms in total. The first kappa shape index (κ1) is 20.7. The summed E-state index contributed by atoms with van der Waals surface area (Å²) in [5, 5.41) is 13.3. The van der Waals surface area contributed by atoms with Crippen LogP contribution in [0.4, 0.5) is 0 Å². The third-order valence-electron chi connectivity index (χ3n) is 5.66. The van der Waals surface area contributed by atoms with Crippen molar-refractivity contribution in [2.24, 2.45) is 10.9 Å². The van der Waals surface area contributed by atoms with Crippen molar-refractivity contribution in [1.82, 2.24) is 20.1 Å². The number of aliphatic imine (C=N–C) groups is 1. The van der Waals surface area contributed by atoms with Gasteiger partial charge in [-0.2, -0.15) is 0 Å². The van der Waals surface area contributed by atoms with Crippen LogP contribution in [0.5, 0.6) is 0 Å². The van der Waals surface area contributed by atoms with Gasteiger partial charge in [0.15, 0.2) is 11.6 Å². The highest BCUT2D eigenvalue weighted by molar-refractivity contribution is 7.99. The quantitative estimate of drug-likeness (QED) is 0.474. The summed E-state index contributed by atoms with van der Waals surface area (Å²) in [5.41, 5.74) is 4.10. The van der Waals surface area contributed by atoms with Gasteiger partial charge in [0, 0.05) is 21.0 Å². The van der Waals surface area contributed by atoms with Crippen LogP contribution in [0.1, 0.15) is 49.0 Å². The monoisotopic (exact) mass is 451 g/mol. The Hall–Kier alpha value is -2.15. The molecule has 1 aliphatic heterocycles. The lowest BCUT2D eigenvalue weighted by molar-refractivity contribution is 0.611. The SMILES string of the molecule is CCCSc1cccc2c1C(c1ccccc1Cl)=NCc1nnc(CNCC3CC3)n1-2. The molecule has 2 aromatic carbocycles. The molecule has 0 unspecified atom stereocenters. The fourth-order valence-electron chi connectivity index (χ4n) is 3.94. The molecule has 2 heterocycles. The number of hydrogen-bond donors (Lipinski definition) is 1. The molecule has 2 aliphatic rings. The summed E-state index contributed by atoms with van der Waals surface area (Å²) in [6, 6.07) is 14.4. The van der Waals surface area contributed by atoms with Crippen molar-refractivity contribution in [2.45, 2.75) is 44.2 Å². The number of benzene rings is 2. The van der Waals surface area contributed by atoms with E-state index in [2.05, 4.69) is 51.3 Å². The smallest absolute Gasteiger partial charge is 0.159 e. The zero-order valence-corrected chi connectivity index (χ0v) is 19.2. The minimum absolute atomic E-state index is 0.475. The van der Waals surface area contributed by atoms with Crippen LogP contribution in [0.3, 0.4) is 0 Å². The van der Waals surface area contributed by atoms with Crippen LogP contribution in [-0.4, -0.2) is 32.8 Å². The Morgan fingerprint density at radius 2 is 2.00 bits per heavy atom. The Kier molecular flexibility index (Phi) is 6.12. The fourth-order valence-corrected chi connectivity index (χ4v) is 5.11. The third-order valence-corrected chi connectivity index (χ3v) is 7.25. The molecule has 5 rings (SSSR count). The zero-order chi connectivity index (χ0) is 21.2. The van der Waals surface area contributed by atoms with Gasteiger partial charge in [-0.15, -0.1) is 22.0 Å². The molecule has 31 heavy (non-hydrogen) atoms. The minimum Gasteiger partial charge on any atom is -0.310 e. The Labute approximate surface area is 192 Å². The Bertz CT molecular complexity index is 1120. The Morgan fingerprint density at radius 3 is 2.81 bits per heavy atom. The lowest BCUT2D eigenvalue weighted by Crippen LogP contribution is -2.20. The second kappa shape index (κ2) is 9.15. The maximum atomic E-state index is 6.62. The normalized spacial score (nSPS) is 15.2. The molecule has 0 atom stereocenters. The van der Waals surface area contributed by atoms with Gasteiger partial charge in [-0.05, 0) is 55.7 Å². The van der Waals surface area contributed by atoms with E-state index in [4.69, 9.17) is 16.6 Å². The molecule has 0 amide bonds. The lowest BCUT2D eigenvalue weighted by atomic mass is 10.00. The average Bonchev–Trinajstić information content (AvgIpc) is 3.55. The number of fused-ring (bicyclic) bond motifs is 3. The summed E-state index contributed by atoms with van der Waals surface area (Å²) in [4.78, 5) is 6.23. The minimum atomic E-state index is 0.475. The van der Waals surface area contributed by atoms with Crippen LogP contribution < -0.4 is 5.32 Å². The van der Waals surface area contributed by atoms with Crippen LogP contribution in [0, 0.1) is 5.92 Å². The number of halogens is 1. The highest BCUT2D eigenvalue weighted by Gasteiger charge is 2.26. The molecule has 1 fully saturated rings. The van der Waals surface area contributed by atoms with Gasteiger partial charge in [0.1, 0.15) is 6.54 Å². The van der Waals surface area contributed by atoms with Crippen LogP contribution in [0.25, 0.3) is 5.69 Å². The average molecular weight is 452 g/mol. The summed E-state index contributed by atoms with van der Waals surface area (Å²) in [5.74, 6) is 3.68. The predicted octanol–water partition coefficient (Wildman–Crippen LogP) is 5.27. The number of thioether (sulfide) groups is 1. The lowest BCUT2D eigenvalue weighted by Gasteiger charge is -2.18. The van der Waals surface area contributed by atoms with E-state index in [1.165, 1.54) is 17.7 Å². The van der Waals surface area contributed by atoms with E-state index >= 15 is 0 Å². The molecule has 3 aromatic rings. The molecule has 1 aromatic heterocycles. The second-order valence-corrected chi connectivity index (χ2v) is 9.63. The van der Waals surface area contributed by atoms with Gasteiger partial charge in [0.05, 0.1) is 17.9 Å². The van der Waals surface area contributed by atoms with E-state index in [-0.39, 0.29) is 0 Å². The van der Waals surface area contributed by atoms with Crippen LogP contribution in [0.15, 0.2) is 52.4 Å². The van der Waals surface area contributed by atoms with Crippen molar-refractivity contribution in [2.75, 3.05) is 12.3 Å². The van der Waals surface area contributed by atoms with E-state index in [1.807, 2.05) is 30.0 Å². The molecular formula is C24H26ClN5S. The van der Waals surface area contributed by atoms with Gasteiger partial charge in [-0.3, -0.25) is 9.56 Å². The van der Waals surface area contributed by atoms with E-state index in [9.17, 15) is 0 Å². The van der Waals surface area contributed by atoms with Gasteiger partial charge >= 0.3 is 0 Å². The van der Waals surface area contributed by atoms with Crippen molar-refractivity contribution in [3.63, 3.8) is 0 Å². The van der Waals surface area contributed by atoms with Gasteiger partial charge in [-0.25, -0.2) is 0 Å². The van der Waals surface area contributed by atoms with Crippen LogP contribution in [-0.2, 0) is 13.1 Å². The molecule has 1 aliphatic carbocycles. The highest BCUT2D eigenvalue weighted by Crippen LogP contribution is 2.35. The molecule has 0 saturated heterocycles. The molecular weight excluding hydrogens is 426 g/mol.